The van der Waals surface area contributed by atoms with Crippen molar-refractivity contribution in [2.75, 3.05) is 0 Å². The van der Waals surface area contributed by atoms with E-state index < -0.39 is 5.91 Å². The van der Waals surface area contributed by atoms with Gasteiger partial charge in [0.25, 0.3) is 11.5 Å². The second kappa shape index (κ2) is 5.52. The minimum Gasteiger partial charge on any atom is -0.296 e. The first-order valence-corrected chi connectivity index (χ1v) is 6.00. The number of fused-ring (bicyclic) bond motifs is 1. The van der Waals surface area contributed by atoms with Gasteiger partial charge in [-0.1, -0.05) is 12.1 Å². The Balaban J connectivity index is 2.38. The fraction of sp³-hybridized carbons (Fsp3) is 0.231. The van der Waals surface area contributed by atoms with E-state index >= 15 is 0 Å². The summed E-state index contributed by atoms with van der Waals surface area (Å²) in [4.78, 5) is 38.7. The van der Waals surface area contributed by atoms with Crippen molar-refractivity contribution in [1.82, 2.24) is 20.4 Å². The van der Waals surface area contributed by atoms with Gasteiger partial charge in [-0.25, -0.2) is 4.98 Å². The summed E-state index contributed by atoms with van der Waals surface area (Å²) in [7, 11) is 0. The summed E-state index contributed by atoms with van der Waals surface area (Å²) in [6, 6.07) is 7.06. The molecule has 0 saturated carbocycles. The van der Waals surface area contributed by atoms with Crippen LogP contribution >= 0.6 is 0 Å². The van der Waals surface area contributed by atoms with Crippen molar-refractivity contribution >= 4 is 22.8 Å². The number of hydrogen-bond acceptors (Lipinski definition) is 4. The molecule has 0 spiro atoms. The molecule has 0 fully saturated rings. The molecule has 2 rings (SSSR count). The molecule has 0 radical (unpaired) electrons. The standard InChI is InChI=1S/C13H14N4O3/c1-8-13(20)17(7-12(19)16-15-9(2)18)11-6-4-3-5-10(11)14-8/h3-6H,7H2,1-2H3,(H,15,18)(H,16,19). The highest BCUT2D eigenvalue weighted by atomic mass is 16.2. The number of nitrogens with one attached hydrogen (secondary N) is 2. The predicted molar refractivity (Wildman–Crippen MR) is 72.7 cm³/mol. The summed E-state index contributed by atoms with van der Waals surface area (Å²) in [5.41, 5.74) is 5.59. The van der Waals surface area contributed by atoms with Crippen molar-refractivity contribution in [1.29, 1.82) is 0 Å². The summed E-state index contributed by atoms with van der Waals surface area (Å²) < 4.78 is 1.33. The number of carbonyl (C=O) groups excluding carboxylic acids is 2. The van der Waals surface area contributed by atoms with Gasteiger partial charge in [-0.2, -0.15) is 0 Å². The van der Waals surface area contributed by atoms with Gasteiger partial charge in [-0.05, 0) is 19.1 Å². The van der Waals surface area contributed by atoms with Gasteiger partial charge < -0.3 is 0 Å². The Hall–Kier alpha value is -2.70. The molecule has 1 aromatic carbocycles. The lowest BCUT2D eigenvalue weighted by Crippen LogP contribution is -2.43. The molecule has 1 aromatic heterocycles. The molecule has 0 aliphatic rings. The Bertz CT molecular complexity index is 736. The normalized spacial score (nSPS) is 10.3. The lowest BCUT2D eigenvalue weighted by atomic mass is 10.2. The molecule has 0 saturated heterocycles. The number of aryl methyl sites for hydroxylation is 1. The van der Waals surface area contributed by atoms with Crippen molar-refractivity contribution in [3.05, 3.63) is 40.3 Å². The molecule has 2 N–H and O–H groups in total. The Morgan fingerprint density at radius 2 is 1.95 bits per heavy atom. The molecule has 7 nitrogen and oxygen atoms in total. The van der Waals surface area contributed by atoms with Crippen molar-refractivity contribution < 1.29 is 9.59 Å². The van der Waals surface area contributed by atoms with Crippen LogP contribution in [0.1, 0.15) is 12.6 Å². The molecule has 0 aliphatic carbocycles. The average Bonchev–Trinajstić information content (AvgIpc) is 2.41. The number of rotatable bonds is 2. The fourth-order valence-corrected chi connectivity index (χ4v) is 1.82. The summed E-state index contributed by atoms with van der Waals surface area (Å²) in [6.07, 6.45) is 0. The van der Waals surface area contributed by atoms with Crippen LogP contribution in [0.2, 0.25) is 0 Å². The fourth-order valence-electron chi connectivity index (χ4n) is 1.82. The Kier molecular flexibility index (Phi) is 3.79. The molecular formula is C13H14N4O3. The lowest BCUT2D eigenvalue weighted by Gasteiger charge is -2.11. The molecule has 104 valence electrons. The van der Waals surface area contributed by atoms with Gasteiger partial charge in [-0.15, -0.1) is 0 Å². The van der Waals surface area contributed by atoms with Crippen LogP contribution < -0.4 is 16.4 Å². The topological polar surface area (TPSA) is 93.1 Å². The van der Waals surface area contributed by atoms with E-state index in [-0.39, 0.29) is 18.0 Å². The molecule has 2 aromatic rings. The smallest absolute Gasteiger partial charge is 0.272 e. The number of hydrazine groups is 1. The molecule has 7 heteroatoms. The van der Waals surface area contributed by atoms with Crippen molar-refractivity contribution in [3.63, 3.8) is 0 Å². The van der Waals surface area contributed by atoms with Crippen LogP contribution in [0.5, 0.6) is 0 Å². The molecular weight excluding hydrogens is 260 g/mol. The zero-order valence-electron chi connectivity index (χ0n) is 11.1. The average molecular weight is 274 g/mol. The third-order valence-electron chi connectivity index (χ3n) is 2.70. The Labute approximate surface area is 114 Å². The summed E-state index contributed by atoms with van der Waals surface area (Å²) in [5, 5.41) is 0. The van der Waals surface area contributed by atoms with E-state index in [1.807, 2.05) is 0 Å². The van der Waals surface area contributed by atoms with Crippen LogP contribution in [-0.2, 0) is 16.1 Å². The molecule has 2 amide bonds. The summed E-state index contributed by atoms with van der Waals surface area (Å²) in [5.74, 6) is -0.875. The third-order valence-corrected chi connectivity index (χ3v) is 2.70. The molecule has 0 aliphatic heterocycles. The lowest BCUT2D eigenvalue weighted by molar-refractivity contribution is -0.128. The molecule has 0 atom stereocenters. The number of benzene rings is 1. The largest absolute Gasteiger partial charge is 0.296 e. The monoisotopic (exact) mass is 274 g/mol. The summed E-state index contributed by atoms with van der Waals surface area (Å²) >= 11 is 0. The quantitative estimate of drug-likeness (QED) is 0.746. The van der Waals surface area contributed by atoms with Crippen LogP contribution in [-0.4, -0.2) is 21.4 Å². The van der Waals surface area contributed by atoms with Gasteiger partial charge >= 0.3 is 0 Å². The van der Waals surface area contributed by atoms with Gasteiger partial charge in [0.2, 0.25) is 5.91 Å². The van der Waals surface area contributed by atoms with Gasteiger partial charge in [0.1, 0.15) is 12.2 Å². The third kappa shape index (κ3) is 2.82. The number of para-hydroxylation sites is 2. The van der Waals surface area contributed by atoms with E-state index in [1.54, 1.807) is 31.2 Å². The van der Waals surface area contributed by atoms with E-state index in [0.717, 1.165) is 0 Å². The first-order valence-electron chi connectivity index (χ1n) is 6.00. The first kappa shape index (κ1) is 13.7. The van der Waals surface area contributed by atoms with Crippen molar-refractivity contribution in [3.8, 4) is 0 Å². The van der Waals surface area contributed by atoms with Crippen molar-refractivity contribution in [2.24, 2.45) is 0 Å². The van der Waals surface area contributed by atoms with Gasteiger partial charge in [0.05, 0.1) is 11.0 Å². The van der Waals surface area contributed by atoms with E-state index in [9.17, 15) is 14.4 Å². The number of carbonyl (C=O) groups is 2. The van der Waals surface area contributed by atoms with E-state index in [4.69, 9.17) is 0 Å². The highest BCUT2D eigenvalue weighted by molar-refractivity contribution is 5.82. The van der Waals surface area contributed by atoms with E-state index in [2.05, 4.69) is 15.8 Å². The number of aromatic nitrogens is 2. The summed E-state index contributed by atoms with van der Waals surface area (Å²) in [6.45, 7) is 2.68. The minimum absolute atomic E-state index is 0.191. The molecule has 0 bridgehead atoms. The molecule has 1 heterocycles. The zero-order valence-corrected chi connectivity index (χ0v) is 11.1. The molecule has 20 heavy (non-hydrogen) atoms. The van der Waals surface area contributed by atoms with Gasteiger partial charge in [0, 0.05) is 6.92 Å². The number of hydrogen-bond donors (Lipinski definition) is 2. The van der Waals surface area contributed by atoms with Crippen LogP contribution in [0, 0.1) is 6.92 Å². The van der Waals surface area contributed by atoms with Crippen LogP contribution in [0.25, 0.3) is 11.0 Å². The second-order valence-electron chi connectivity index (χ2n) is 4.31. The molecule has 0 unspecified atom stereocenters. The predicted octanol–water partition coefficient (Wildman–Crippen LogP) is -0.128. The van der Waals surface area contributed by atoms with Gasteiger partial charge in [-0.3, -0.25) is 29.8 Å². The Morgan fingerprint density at radius 3 is 2.65 bits per heavy atom. The number of nitrogens with zero attached hydrogens (tertiary/aromatic N) is 2. The van der Waals surface area contributed by atoms with Crippen molar-refractivity contribution in [2.45, 2.75) is 20.4 Å². The second-order valence-corrected chi connectivity index (χ2v) is 4.31. The first-order chi connectivity index (χ1) is 9.49. The number of amides is 2. The van der Waals surface area contributed by atoms with Crippen LogP contribution in [0.4, 0.5) is 0 Å². The van der Waals surface area contributed by atoms with Crippen LogP contribution in [0.15, 0.2) is 29.1 Å². The zero-order chi connectivity index (χ0) is 14.7. The van der Waals surface area contributed by atoms with E-state index in [0.29, 0.717) is 16.7 Å². The Morgan fingerprint density at radius 1 is 1.25 bits per heavy atom. The highest BCUT2D eigenvalue weighted by Crippen LogP contribution is 2.09. The maximum Gasteiger partial charge on any atom is 0.272 e. The van der Waals surface area contributed by atoms with E-state index in [1.165, 1.54) is 11.5 Å². The maximum atomic E-state index is 12.1. The van der Waals surface area contributed by atoms with Crippen LogP contribution in [0.3, 0.4) is 0 Å². The SMILES string of the molecule is CC(=O)NNC(=O)Cn1c(=O)c(C)nc2ccccc21. The minimum atomic E-state index is -0.488. The highest BCUT2D eigenvalue weighted by Gasteiger charge is 2.11. The van der Waals surface area contributed by atoms with Gasteiger partial charge in [0.15, 0.2) is 0 Å². The maximum absolute atomic E-state index is 12.1.